The van der Waals surface area contributed by atoms with E-state index in [1.807, 2.05) is 12.1 Å². The maximum absolute atomic E-state index is 6.26. The molecule has 0 saturated carbocycles. The Kier molecular flexibility index (Phi) is 11.7. The van der Waals surface area contributed by atoms with E-state index < -0.39 is 18.9 Å². The van der Waals surface area contributed by atoms with Crippen LogP contribution in [0.2, 0.25) is 0 Å². The third-order valence-corrected chi connectivity index (χ3v) is 17.9. The maximum atomic E-state index is 6.26. The summed E-state index contributed by atoms with van der Waals surface area (Å²) in [4.78, 5) is 0. The van der Waals surface area contributed by atoms with Crippen molar-refractivity contribution in [3.63, 3.8) is 0 Å². The first-order valence-electron chi connectivity index (χ1n) is 22.9. The van der Waals surface area contributed by atoms with Crippen molar-refractivity contribution in [3.05, 3.63) is 241 Å². The molecular formula is C63H46Cl2Zr-2. The van der Waals surface area contributed by atoms with E-state index in [2.05, 4.69) is 220 Å². The Morgan fingerprint density at radius 1 is 0.318 bits per heavy atom. The van der Waals surface area contributed by atoms with Crippen LogP contribution in [0.15, 0.2) is 218 Å². The normalized spacial score (nSPS) is 11.7. The van der Waals surface area contributed by atoms with Gasteiger partial charge in [-0.15, -0.1) is 69.1 Å². The Morgan fingerprint density at radius 2 is 0.667 bits per heavy atom. The number of benzene rings is 10. The molecule has 0 fully saturated rings. The van der Waals surface area contributed by atoms with Crippen molar-refractivity contribution >= 4 is 84.9 Å². The van der Waals surface area contributed by atoms with Gasteiger partial charge >= 0.3 is 110 Å². The summed E-state index contributed by atoms with van der Waals surface area (Å²) >= 11 is -2.40. The Hall–Kier alpha value is -6.21. The van der Waals surface area contributed by atoms with E-state index in [9.17, 15) is 0 Å². The number of fused-ring (bicyclic) bond motifs is 11. The molecule has 0 aromatic heterocycles. The van der Waals surface area contributed by atoms with Gasteiger partial charge in [-0.2, -0.15) is 12.1 Å². The second-order valence-corrected chi connectivity index (χ2v) is 25.3. The van der Waals surface area contributed by atoms with Gasteiger partial charge in [-0.05, 0) is 79.2 Å². The van der Waals surface area contributed by atoms with Crippen LogP contribution in [-0.4, -0.2) is 3.21 Å². The van der Waals surface area contributed by atoms with Gasteiger partial charge in [0.15, 0.2) is 0 Å². The summed E-state index contributed by atoms with van der Waals surface area (Å²) < 4.78 is 1.22. The molecule has 0 aliphatic heterocycles. The minimum atomic E-state index is -2.40. The molecule has 0 unspecified atom stereocenters. The second-order valence-electron chi connectivity index (χ2n) is 17.2. The number of hydrogen-bond acceptors (Lipinski definition) is 0. The predicted molar refractivity (Wildman–Crippen MR) is 286 cm³/mol. The van der Waals surface area contributed by atoms with Gasteiger partial charge in [-0.3, -0.25) is 0 Å². The number of hydrogen-bond donors (Lipinski definition) is 0. The van der Waals surface area contributed by atoms with Crippen LogP contribution in [0.1, 0.15) is 36.1 Å². The van der Waals surface area contributed by atoms with Crippen molar-refractivity contribution in [2.45, 2.75) is 26.7 Å². The molecule has 13 rings (SSSR count). The van der Waals surface area contributed by atoms with Gasteiger partial charge in [0.1, 0.15) is 0 Å². The monoisotopic (exact) mass is 962 g/mol. The Bertz CT molecular complexity index is 3580. The molecule has 12 aromatic rings. The fourth-order valence-electron chi connectivity index (χ4n) is 10.2. The molecule has 0 bridgehead atoms. The molecule has 1 aliphatic rings. The van der Waals surface area contributed by atoms with Crippen LogP contribution in [0.25, 0.3) is 98.0 Å². The standard InChI is InChI=1S/2C25H19.C13H8.2ClH.Zr/c2*1-2-17-14-18-9-7-13-23(24(18)15-17)25-16-19-8-3-4-10-20(19)21-11-5-6-12-22(21)25;1-3-7-12-10(5-1)9-11-6-2-4-8-13(11)12;;;/h2*3-16H,2H2,1H3;1-8H;2*1H;/q2*-1;;;;+2/p-2. The molecule has 12 aromatic carbocycles. The SMILES string of the molecule is CCc1cc2c(-c3cc4ccccc4c4ccccc34)cccc2[cH-]1.CCc1cc2c(-c3cc4ccccc4c4ccccc34)cccc2[cH-]1.[Cl][Zr]([Cl])=[C]1c2ccccc2-c2ccccc21. The summed E-state index contributed by atoms with van der Waals surface area (Å²) in [5.74, 6) is 0. The van der Waals surface area contributed by atoms with Crippen LogP contribution in [-0.2, 0) is 31.7 Å². The van der Waals surface area contributed by atoms with Crippen LogP contribution in [0.5, 0.6) is 0 Å². The molecule has 0 amide bonds. The fourth-order valence-corrected chi connectivity index (χ4v) is 14.7. The first-order chi connectivity index (χ1) is 32.5. The van der Waals surface area contributed by atoms with E-state index >= 15 is 0 Å². The molecule has 66 heavy (non-hydrogen) atoms. The van der Waals surface area contributed by atoms with Crippen molar-refractivity contribution < 1.29 is 18.9 Å². The van der Waals surface area contributed by atoms with Crippen molar-refractivity contribution in [2.24, 2.45) is 0 Å². The third kappa shape index (κ3) is 7.68. The van der Waals surface area contributed by atoms with Crippen LogP contribution < -0.4 is 0 Å². The summed E-state index contributed by atoms with van der Waals surface area (Å²) in [5, 5.41) is 16.0. The molecule has 3 heteroatoms. The molecule has 0 spiro atoms. The summed E-state index contributed by atoms with van der Waals surface area (Å²) in [6.45, 7) is 4.44. The van der Waals surface area contributed by atoms with Crippen LogP contribution in [0, 0.1) is 0 Å². The predicted octanol–water partition coefficient (Wildman–Crippen LogP) is 18.4. The second kappa shape index (κ2) is 18.2. The van der Waals surface area contributed by atoms with Gasteiger partial charge in [0, 0.05) is 0 Å². The topological polar surface area (TPSA) is 0 Å². The first-order valence-corrected chi connectivity index (χ1v) is 30.5. The molecular weight excluding hydrogens is 919 g/mol. The van der Waals surface area contributed by atoms with Crippen molar-refractivity contribution in [1.82, 2.24) is 0 Å². The average Bonchev–Trinajstić information content (AvgIpc) is 4.10. The minimum absolute atomic E-state index is 1.08. The zero-order chi connectivity index (χ0) is 44.7. The molecule has 318 valence electrons. The van der Waals surface area contributed by atoms with Gasteiger partial charge in [-0.1, -0.05) is 134 Å². The number of rotatable bonds is 4. The fraction of sp³-hybridized carbons (Fsp3) is 0.0635. The van der Waals surface area contributed by atoms with Crippen LogP contribution in [0.3, 0.4) is 0 Å². The van der Waals surface area contributed by atoms with Crippen molar-refractivity contribution in [1.29, 1.82) is 0 Å². The molecule has 0 heterocycles. The van der Waals surface area contributed by atoms with Crippen molar-refractivity contribution in [2.75, 3.05) is 0 Å². The number of aryl methyl sites for hydroxylation is 2. The Labute approximate surface area is 401 Å². The zero-order valence-electron chi connectivity index (χ0n) is 37.0. The van der Waals surface area contributed by atoms with Gasteiger partial charge in [0.25, 0.3) is 0 Å². The summed E-state index contributed by atoms with van der Waals surface area (Å²) in [6.07, 6.45) is 2.15. The van der Waals surface area contributed by atoms with Gasteiger partial charge < -0.3 is 0 Å². The van der Waals surface area contributed by atoms with E-state index in [-0.39, 0.29) is 0 Å². The van der Waals surface area contributed by atoms with Gasteiger partial charge in [-0.25, -0.2) is 0 Å². The Balaban J connectivity index is 0.000000112. The van der Waals surface area contributed by atoms with Crippen molar-refractivity contribution in [3.8, 4) is 33.4 Å². The quantitative estimate of drug-likeness (QED) is 0.122. The molecule has 0 saturated heterocycles. The number of halogens is 2. The van der Waals surface area contributed by atoms with E-state index in [1.54, 1.807) is 0 Å². The molecule has 1 aliphatic carbocycles. The molecule has 0 nitrogen and oxygen atoms in total. The van der Waals surface area contributed by atoms with E-state index in [1.165, 1.54) is 123 Å². The average molecular weight is 965 g/mol. The summed E-state index contributed by atoms with van der Waals surface area (Å²) in [7, 11) is 12.5. The van der Waals surface area contributed by atoms with Crippen LogP contribution in [0.4, 0.5) is 0 Å². The molecule has 0 radical (unpaired) electrons. The summed E-state index contributed by atoms with van der Waals surface area (Å²) in [5.41, 5.74) is 13.2. The van der Waals surface area contributed by atoms with Gasteiger partial charge in [0.05, 0.1) is 0 Å². The molecule has 0 N–H and O–H groups in total. The first kappa shape index (κ1) is 42.4. The van der Waals surface area contributed by atoms with E-state index in [0.717, 1.165) is 12.8 Å². The van der Waals surface area contributed by atoms with E-state index in [0.29, 0.717) is 0 Å². The van der Waals surface area contributed by atoms with Gasteiger partial charge in [0.2, 0.25) is 0 Å². The zero-order valence-corrected chi connectivity index (χ0v) is 40.9. The van der Waals surface area contributed by atoms with Crippen LogP contribution >= 0.6 is 17.0 Å². The molecule has 0 atom stereocenters. The summed E-state index contributed by atoms with van der Waals surface area (Å²) in [6, 6.07) is 79.0. The Morgan fingerprint density at radius 3 is 1.08 bits per heavy atom. The third-order valence-electron chi connectivity index (χ3n) is 13.4. The van der Waals surface area contributed by atoms with E-state index in [4.69, 9.17) is 17.0 Å².